The summed E-state index contributed by atoms with van der Waals surface area (Å²) in [5.74, 6) is 0.878. The number of nitrogens with zero attached hydrogens (tertiary/aromatic N) is 2. The van der Waals surface area contributed by atoms with Crippen molar-refractivity contribution in [3.05, 3.63) is 89.2 Å². The third-order valence-electron chi connectivity index (χ3n) is 4.62. The fourth-order valence-corrected chi connectivity index (χ4v) is 3.16. The molecule has 28 heavy (non-hydrogen) atoms. The molecule has 0 fully saturated rings. The van der Waals surface area contributed by atoms with E-state index in [1.54, 1.807) is 19.2 Å². The van der Waals surface area contributed by atoms with Crippen LogP contribution in [0.2, 0.25) is 0 Å². The summed E-state index contributed by atoms with van der Waals surface area (Å²) in [5, 5.41) is 21.0. The maximum absolute atomic E-state index is 10.8. The molecule has 0 spiro atoms. The molecule has 2 aromatic carbocycles. The average Bonchev–Trinajstić information content (AvgIpc) is 2.71. The zero-order chi connectivity index (χ0) is 19.9. The van der Waals surface area contributed by atoms with Gasteiger partial charge in [-0.05, 0) is 42.3 Å². The van der Waals surface area contributed by atoms with Gasteiger partial charge in [0.25, 0.3) is 0 Å². The first-order valence-corrected chi connectivity index (χ1v) is 9.29. The zero-order valence-electron chi connectivity index (χ0n) is 16.2. The molecule has 3 rings (SSSR count). The molecule has 1 heterocycles. The van der Waals surface area contributed by atoms with Crippen molar-refractivity contribution in [2.24, 2.45) is 0 Å². The molecule has 0 saturated carbocycles. The van der Waals surface area contributed by atoms with E-state index in [-0.39, 0.29) is 5.75 Å². The van der Waals surface area contributed by atoms with Crippen LogP contribution in [0.15, 0.2) is 66.7 Å². The fraction of sp³-hybridized carbons (Fsp3) is 0.261. The van der Waals surface area contributed by atoms with E-state index in [1.165, 1.54) is 0 Å². The summed E-state index contributed by atoms with van der Waals surface area (Å²) >= 11 is 0. The van der Waals surface area contributed by atoms with Crippen LogP contribution in [-0.2, 0) is 13.1 Å². The molecule has 5 nitrogen and oxygen atoms in total. The highest BCUT2D eigenvalue weighted by molar-refractivity contribution is 5.30. The van der Waals surface area contributed by atoms with Crippen LogP contribution in [0.3, 0.4) is 0 Å². The largest absolute Gasteiger partial charge is 0.506 e. The Bertz CT molecular complexity index is 899. The fourth-order valence-electron chi connectivity index (χ4n) is 3.16. The van der Waals surface area contributed by atoms with Crippen LogP contribution < -0.4 is 4.74 Å². The van der Waals surface area contributed by atoms with Gasteiger partial charge in [-0.15, -0.1) is 0 Å². The molecule has 5 heteroatoms. The molecule has 1 aromatic heterocycles. The van der Waals surface area contributed by atoms with Crippen molar-refractivity contribution < 1.29 is 14.9 Å². The molecular weight excluding hydrogens is 352 g/mol. The Kier molecular flexibility index (Phi) is 6.63. The molecule has 1 atom stereocenters. The molecule has 0 saturated heterocycles. The number of aromatic nitrogens is 1. The lowest BCUT2D eigenvalue weighted by molar-refractivity contribution is 0.103. The highest BCUT2D eigenvalue weighted by Crippen LogP contribution is 2.23. The number of aromatic hydroxyl groups is 1. The van der Waals surface area contributed by atoms with E-state index in [1.807, 2.05) is 49.4 Å². The number of hydrogen-bond donors (Lipinski definition) is 2. The van der Waals surface area contributed by atoms with E-state index < -0.39 is 6.10 Å². The number of methoxy groups -OCH3 is 1. The minimum atomic E-state index is -0.689. The first-order valence-electron chi connectivity index (χ1n) is 9.29. The van der Waals surface area contributed by atoms with Gasteiger partial charge in [-0.3, -0.25) is 9.88 Å². The van der Waals surface area contributed by atoms with Crippen molar-refractivity contribution in [2.75, 3.05) is 13.7 Å². The predicted octanol–water partition coefficient (Wildman–Crippen LogP) is 3.84. The van der Waals surface area contributed by atoms with E-state index in [0.29, 0.717) is 31.1 Å². The molecule has 3 aromatic rings. The lowest BCUT2D eigenvalue weighted by atomic mass is 10.1. The van der Waals surface area contributed by atoms with Gasteiger partial charge in [-0.1, -0.05) is 42.5 Å². The van der Waals surface area contributed by atoms with Gasteiger partial charge in [0.05, 0.1) is 18.9 Å². The van der Waals surface area contributed by atoms with Gasteiger partial charge in [0.1, 0.15) is 11.5 Å². The summed E-state index contributed by atoms with van der Waals surface area (Å²) in [6.45, 7) is 3.37. The smallest absolute Gasteiger partial charge is 0.138 e. The molecule has 0 bridgehead atoms. The molecule has 0 amide bonds. The summed E-state index contributed by atoms with van der Waals surface area (Å²) in [6.07, 6.45) is -0.689. The molecular formula is C23H26N2O3. The van der Waals surface area contributed by atoms with Crippen LogP contribution in [0.4, 0.5) is 0 Å². The van der Waals surface area contributed by atoms with Gasteiger partial charge in [-0.25, -0.2) is 0 Å². The third-order valence-corrected chi connectivity index (χ3v) is 4.62. The summed E-state index contributed by atoms with van der Waals surface area (Å²) in [5.41, 5.74) is 3.38. The van der Waals surface area contributed by atoms with Crippen LogP contribution in [-0.4, -0.2) is 33.8 Å². The standard InChI is InChI=1S/C23H26N2O3/c1-17-11-12-22(26)21(24-17)15-25(14-18-7-4-3-5-8-18)16-23(27)19-9-6-10-20(13-19)28-2/h3-13,23,26-27H,14-16H2,1-2H3. The Morgan fingerprint density at radius 3 is 2.54 bits per heavy atom. The quantitative estimate of drug-likeness (QED) is 0.623. The summed E-state index contributed by atoms with van der Waals surface area (Å²) in [4.78, 5) is 6.55. The summed E-state index contributed by atoms with van der Waals surface area (Å²) in [7, 11) is 1.61. The second-order valence-corrected chi connectivity index (χ2v) is 6.87. The molecule has 0 radical (unpaired) electrons. The highest BCUT2D eigenvalue weighted by atomic mass is 16.5. The molecule has 0 aliphatic carbocycles. The van der Waals surface area contributed by atoms with Crippen molar-refractivity contribution in [1.29, 1.82) is 0 Å². The maximum atomic E-state index is 10.8. The van der Waals surface area contributed by atoms with E-state index in [2.05, 4.69) is 22.0 Å². The van der Waals surface area contributed by atoms with Crippen molar-refractivity contribution in [1.82, 2.24) is 9.88 Å². The molecule has 0 aliphatic rings. The minimum Gasteiger partial charge on any atom is -0.506 e. The van der Waals surface area contributed by atoms with Gasteiger partial charge < -0.3 is 14.9 Å². The summed E-state index contributed by atoms with van der Waals surface area (Å²) < 4.78 is 5.26. The van der Waals surface area contributed by atoms with Crippen LogP contribution >= 0.6 is 0 Å². The van der Waals surface area contributed by atoms with Crippen molar-refractivity contribution in [3.63, 3.8) is 0 Å². The monoisotopic (exact) mass is 378 g/mol. The van der Waals surface area contributed by atoms with E-state index >= 15 is 0 Å². The number of hydrogen-bond acceptors (Lipinski definition) is 5. The Morgan fingerprint density at radius 2 is 1.79 bits per heavy atom. The number of ether oxygens (including phenoxy) is 1. The average molecular weight is 378 g/mol. The second-order valence-electron chi connectivity index (χ2n) is 6.87. The van der Waals surface area contributed by atoms with Gasteiger partial charge in [0.15, 0.2) is 0 Å². The van der Waals surface area contributed by atoms with Crippen LogP contribution in [0.1, 0.15) is 28.6 Å². The van der Waals surface area contributed by atoms with Crippen molar-refractivity contribution in [2.45, 2.75) is 26.1 Å². The molecule has 1 unspecified atom stereocenters. The molecule has 2 N–H and O–H groups in total. The Hall–Kier alpha value is -2.89. The molecule has 146 valence electrons. The van der Waals surface area contributed by atoms with Crippen molar-refractivity contribution >= 4 is 0 Å². The van der Waals surface area contributed by atoms with E-state index in [4.69, 9.17) is 4.74 Å². The maximum Gasteiger partial charge on any atom is 0.138 e. The Morgan fingerprint density at radius 1 is 1.00 bits per heavy atom. The van der Waals surface area contributed by atoms with Crippen LogP contribution in [0, 0.1) is 6.92 Å². The number of rotatable bonds is 8. The Balaban J connectivity index is 1.81. The topological polar surface area (TPSA) is 65.8 Å². The number of aliphatic hydroxyl groups excluding tert-OH is 1. The normalized spacial score (nSPS) is 12.1. The number of aryl methyl sites for hydroxylation is 1. The van der Waals surface area contributed by atoms with Gasteiger partial charge in [0.2, 0.25) is 0 Å². The first kappa shape index (κ1) is 19.9. The second kappa shape index (κ2) is 9.35. The number of benzene rings is 2. The third kappa shape index (κ3) is 5.31. The zero-order valence-corrected chi connectivity index (χ0v) is 16.2. The van der Waals surface area contributed by atoms with Crippen LogP contribution in [0.25, 0.3) is 0 Å². The van der Waals surface area contributed by atoms with Gasteiger partial charge >= 0.3 is 0 Å². The molecule has 0 aliphatic heterocycles. The number of aliphatic hydroxyl groups is 1. The SMILES string of the molecule is COc1cccc(C(O)CN(Cc2ccccc2)Cc2nc(C)ccc2O)c1. The van der Waals surface area contributed by atoms with Crippen LogP contribution in [0.5, 0.6) is 11.5 Å². The lowest BCUT2D eigenvalue weighted by Gasteiger charge is -2.25. The van der Waals surface area contributed by atoms with Gasteiger partial charge in [-0.2, -0.15) is 0 Å². The minimum absolute atomic E-state index is 0.166. The number of pyridine rings is 1. The van der Waals surface area contributed by atoms with Crippen molar-refractivity contribution in [3.8, 4) is 11.5 Å². The van der Waals surface area contributed by atoms with E-state index in [9.17, 15) is 10.2 Å². The summed E-state index contributed by atoms with van der Waals surface area (Å²) in [6, 6.07) is 21.0. The van der Waals surface area contributed by atoms with E-state index in [0.717, 1.165) is 16.8 Å². The first-order chi connectivity index (χ1) is 13.5. The highest BCUT2D eigenvalue weighted by Gasteiger charge is 2.17. The predicted molar refractivity (Wildman–Crippen MR) is 109 cm³/mol. The van der Waals surface area contributed by atoms with Gasteiger partial charge in [0, 0.05) is 25.3 Å². The lowest BCUT2D eigenvalue weighted by Crippen LogP contribution is -2.28. The Labute approximate surface area is 165 Å².